The maximum Gasteiger partial charge on any atom is 0.269 e. The minimum atomic E-state index is -0.0879. The van der Waals surface area contributed by atoms with Crippen LogP contribution in [0.3, 0.4) is 0 Å². The molecule has 0 spiro atoms. The Hall–Kier alpha value is -3.33. The first-order valence-electron chi connectivity index (χ1n) is 11.4. The molecular formula is C24H29N5O4. The third-order valence-corrected chi connectivity index (χ3v) is 6.55. The zero-order valence-corrected chi connectivity index (χ0v) is 19.1. The first-order valence-corrected chi connectivity index (χ1v) is 11.4. The van der Waals surface area contributed by atoms with Gasteiger partial charge >= 0.3 is 0 Å². The van der Waals surface area contributed by atoms with Crippen LogP contribution < -0.4 is 24.7 Å². The minimum absolute atomic E-state index is 0.0879. The van der Waals surface area contributed by atoms with Gasteiger partial charge in [-0.15, -0.1) is 0 Å². The van der Waals surface area contributed by atoms with E-state index in [2.05, 4.69) is 26.8 Å². The van der Waals surface area contributed by atoms with Crippen LogP contribution in [0.25, 0.3) is 11.0 Å². The number of likely N-dealkylation sites (tertiary alicyclic amines) is 1. The van der Waals surface area contributed by atoms with E-state index in [0.717, 1.165) is 55.1 Å². The molecule has 9 nitrogen and oxygen atoms in total. The van der Waals surface area contributed by atoms with E-state index < -0.39 is 0 Å². The molecule has 0 unspecified atom stereocenters. The molecule has 0 radical (unpaired) electrons. The average Bonchev–Trinajstić information content (AvgIpc) is 2.87. The van der Waals surface area contributed by atoms with Gasteiger partial charge in [-0.2, -0.15) is 4.98 Å². The van der Waals surface area contributed by atoms with Crippen LogP contribution in [0.1, 0.15) is 12.8 Å². The number of rotatable bonds is 6. The first-order chi connectivity index (χ1) is 16.1. The summed E-state index contributed by atoms with van der Waals surface area (Å²) >= 11 is 0. The Morgan fingerprint density at radius 1 is 1.12 bits per heavy atom. The number of benzene rings is 1. The molecule has 3 aromatic rings. The van der Waals surface area contributed by atoms with Crippen LogP contribution in [-0.4, -0.2) is 72.5 Å². The molecule has 1 fully saturated rings. The van der Waals surface area contributed by atoms with E-state index in [1.807, 2.05) is 30.3 Å². The lowest BCUT2D eigenvalue weighted by Gasteiger charge is -2.37. The summed E-state index contributed by atoms with van der Waals surface area (Å²) < 4.78 is 18.3. The van der Waals surface area contributed by atoms with Crippen molar-refractivity contribution in [2.45, 2.75) is 25.4 Å². The Kier molecular flexibility index (Phi) is 6.04. The summed E-state index contributed by atoms with van der Waals surface area (Å²) in [6.45, 7) is 4.48. The van der Waals surface area contributed by atoms with Gasteiger partial charge in [-0.25, -0.2) is 4.98 Å². The fourth-order valence-electron chi connectivity index (χ4n) is 4.58. The monoisotopic (exact) mass is 451 g/mol. The summed E-state index contributed by atoms with van der Waals surface area (Å²) in [6.07, 6.45) is 3.47. The summed E-state index contributed by atoms with van der Waals surface area (Å²) in [5.74, 6) is 2.92. The van der Waals surface area contributed by atoms with Crippen LogP contribution in [-0.2, 0) is 6.54 Å². The van der Waals surface area contributed by atoms with Crippen LogP contribution in [0.2, 0.25) is 0 Å². The van der Waals surface area contributed by atoms with Gasteiger partial charge in [-0.3, -0.25) is 4.79 Å². The smallest absolute Gasteiger partial charge is 0.269 e. The van der Waals surface area contributed by atoms with Gasteiger partial charge in [0.25, 0.3) is 11.4 Å². The Balaban J connectivity index is 1.21. The van der Waals surface area contributed by atoms with Crippen LogP contribution in [0.4, 0.5) is 5.82 Å². The predicted octanol–water partition coefficient (Wildman–Crippen LogP) is 2.17. The Bertz CT molecular complexity index is 1190. The molecule has 174 valence electrons. The third kappa shape index (κ3) is 4.45. The van der Waals surface area contributed by atoms with Crippen LogP contribution in [0.15, 0.2) is 41.3 Å². The maximum absolute atomic E-state index is 12.5. The normalized spacial score (nSPS) is 16.7. The maximum atomic E-state index is 12.5. The summed E-state index contributed by atoms with van der Waals surface area (Å²) in [6, 6.07) is 9.97. The van der Waals surface area contributed by atoms with E-state index in [-0.39, 0.29) is 5.56 Å². The Morgan fingerprint density at radius 2 is 1.94 bits per heavy atom. The largest absolute Gasteiger partial charge is 0.497 e. The number of hydrogen-bond acceptors (Lipinski definition) is 8. The van der Waals surface area contributed by atoms with Gasteiger partial charge in [0.05, 0.1) is 24.3 Å². The molecule has 0 atom stereocenters. The molecule has 0 N–H and O–H groups in total. The van der Waals surface area contributed by atoms with Gasteiger partial charge < -0.3 is 28.6 Å². The first kappa shape index (κ1) is 21.5. The van der Waals surface area contributed by atoms with Crippen molar-refractivity contribution in [2.75, 3.05) is 51.9 Å². The second-order valence-corrected chi connectivity index (χ2v) is 8.46. The molecule has 0 saturated carbocycles. The van der Waals surface area contributed by atoms with Crippen molar-refractivity contribution in [1.82, 2.24) is 19.4 Å². The van der Waals surface area contributed by atoms with Gasteiger partial charge in [0.15, 0.2) is 5.75 Å². The van der Waals surface area contributed by atoms with Crippen LogP contribution in [0.5, 0.6) is 17.4 Å². The topological polar surface area (TPSA) is 82.0 Å². The van der Waals surface area contributed by atoms with Crippen molar-refractivity contribution in [3.63, 3.8) is 0 Å². The van der Waals surface area contributed by atoms with Gasteiger partial charge in [-0.1, -0.05) is 0 Å². The van der Waals surface area contributed by atoms with E-state index in [9.17, 15) is 4.79 Å². The molecule has 0 aliphatic carbocycles. The fourth-order valence-corrected chi connectivity index (χ4v) is 4.58. The van der Waals surface area contributed by atoms with Crippen molar-refractivity contribution in [1.29, 1.82) is 0 Å². The quantitative estimate of drug-likeness (QED) is 0.564. The number of fused-ring (bicyclic) bond motifs is 2. The second kappa shape index (κ2) is 9.27. The van der Waals surface area contributed by atoms with Crippen LogP contribution >= 0.6 is 0 Å². The Labute approximate surface area is 192 Å². The number of piperidine rings is 1. The van der Waals surface area contributed by atoms with Crippen molar-refractivity contribution >= 4 is 16.9 Å². The molecule has 1 aromatic carbocycles. The molecule has 2 aromatic heterocycles. The lowest BCUT2D eigenvalue weighted by atomic mass is 10.0. The highest BCUT2D eigenvalue weighted by Gasteiger charge is 2.24. The SMILES string of the molecule is COc1ccc2ncc(=O)n(CCN3CCC(N(C)c4ccc5c(n4)OCCO5)CC3)c2c1. The predicted molar refractivity (Wildman–Crippen MR) is 126 cm³/mol. The summed E-state index contributed by atoms with van der Waals surface area (Å²) in [7, 11) is 3.72. The number of aromatic nitrogens is 3. The van der Waals surface area contributed by atoms with Gasteiger partial charge in [0.1, 0.15) is 24.8 Å². The average molecular weight is 452 g/mol. The zero-order chi connectivity index (χ0) is 22.8. The molecule has 0 bridgehead atoms. The summed E-state index contributed by atoms with van der Waals surface area (Å²) in [5, 5.41) is 0. The van der Waals surface area contributed by atoms with Gasteiger partial charge in [-0.05, 0) is 37.1 Å². The van der Waals surface area contributed by atoms with Gasteiger partial charge in [0.2, 0.25) is 0 Å². The molecule has 4 heterocycles. The van der Waals surface area contributed by atoms with E-state index in [1.54, 1.807) is 11.7 Å². The molecule has 5 rings (SSSR count). The van der Waals surface area contributed by atoms with Gasteiger partial charge in [0, 0.05) is 45.3 Å². The van der Waals surface area contributed by atoms with Crippen molar-refractivity contribution in [3.05, 3.63) is 46.9 Å². The lowest BCUT2D eigenvalue weighted by molar-refractivity contribution is 0.164. The molecule has 1 saturated heterocycles. The number of nitrogens with zero attached hydrogens (tertiary/aromatic N) is 5. The van der Waals surface area contributed by atoms with Crippen molar-refractivity contribution in [2.24, 2.45) is 0 Å². The van der Waals surface area contributed by atoms with E-state index in [1.165, 1.54) is 6.20 Å². The van der Waals surface area contributed by atoms with Crippen LogP contribution in [0, 0.1) is 0 Å². The summed E-state index contributed by atoms with van der Waals surface area (Å²) in [4.78, 5) is 26.1. The molecule has 2 aliphatic heterocycles. The number of methoxy groups -OCH3 is 1. The van der Waals surface area contributed by atoms with Crippen molar-refractivity contribution < 1.29 is 14.2 Å². The fraction of sp³-hybridized carbons (Fsp3) is 0.458. The molecule has 2 aliphatic rings. The molecule has 0 amide bonds. The highest BCUT2D eigenvalue weighted by molar-refractivity contribution is 5.76. The minimum Gasteiger partial charge on any atom is -0.497 e. The number of anilines is 1. The Morgan fingerprint density at radius 3 is 2.76 bits per heavy atom. The van der Waals surface area contributed by atoms with E-state index in [4.69, 9.17) is 14.2 Å². The molecule has 9 heteroatoms. The van der Waals surface area contributed by atoms with E-state index >= 15 is 0 Å². The zero-order valence-electron chi connectivity index (χ0n) is 19.1. The number of hydrogen-bond donors (Lipinski definition) is 0. The second-order valence-electron chi connectivity index (χ2n) is 8.46. The summed E-state index contributed by atoms with van der Waals surface area (Å²) in [5.41, 5.74) is 1.51. The van der Waals surface area contributed by atoms with Crippen molar-refractivity contribution in [3.8, 4) is 17.4 Å². The standard InChI is InChI=1S/C24H29N5O4/c1-27(22-6-5-21-24(26-22)33-14-13-32-21)17-7-9-28(10-8-17)11-12-29-20-15-18(31-2)3-4-19(20)25-16-23(29)30/h3-6,15-17H,7-14H2,1-2H3. The number of pyridine rings is 1. The molecule has 33 heavy (non-hydrogen) atoms. The van der Waals surface area contributed by atoms with E-state index in [0.29, 0.717) is 37.4 Å². The lowest BCUT2D eigenvalue weighted by Crippen LogP contribution is -2.45. The highest BCUT2D eigenvalue weighted by atomic mass is 16.6. The number of ether oxygens (including phenoxy) is 3. The molecular weight excluding hydrogens is 422 g/mol. The third-order valence-electron chi connectivity index (χ3n) is 6.55. The highest BCUT2D eigenvalue weighted by Crippen LogP contribution is 2.31.